The number of hydrogen-bond acceptors (Lipinski definition) is 3. The fourth-order valence-corrected chi connectivity index (χ4v) is 5.47. The highest BCUT2D eigenvalue weighted by Crippen LogP contribution is 2.41. The molecule has 6 nitrogen and oxygen atoms in total. The van der Waals surface area contributed by atoms with Crippen LogP contribution in [0.5, 0.6) is 0 Å². The second kappa shape index (κ2) is 14.6. The van der Waals surface area contributed by atoms with Crippen LogP contribution in [0.4, 0.5) is 0 Å². The topological polar surface area (TPSA) is 130 Å². The van der Waals surface area contributed by atoms with Crippen LogP contribution in [-0.4, -0.2) is 70.1 Å². The Morgan fingerprint density at radius 1 is 1.19 bits per heavy atom. The molecule has 1 saturated heterocycles. The first-order valence-electron chi connectivity index (χ1n) is 11.0. The number of allylic oxidation sites excluding steroid dienone is 4. The molecule has 0 aromatic heterocycles. The van der Waals surface area contributed by atoms with Crippen LogP contribution in [0.3, 0.4) is 0 Å². The summed E-state index contributed by atoms with van der Waals surface area (Å²) >= 11 is 6.21. The normalized spacial score (nSPS) is 27.6. The molecular weight excluding hydrogens is 416 g/mol. The van der Waals surface area contributed by atoms with Gasteiger partial charge in [-0.25, -0.2) is 0 Å². The number of hydrogen-bond donors (Lipinski definition) is 2. The lowest BCUT2D eigenvalue weighted by molar-refractivity contribution is 0.0461. The molecule has 7 heteroatoms. The monoisotopic (exact) mass is 464 g/mol. The van der Waals surface area contributed by atoms with Crippen molar-refractivity contribution in [3.63, 3.8) is 0 Å². The molecule has 31 heavy (non-hydrogen) atoms. The maximum atomic E-state index is 10.3. The minimum atomic E-state index is -0.308. The summed E-state index contributed by atoms with van der Waals surface area (Å²) in [4.78, 5) is 2.56. The number of rotatable bonds is 7. The van der Waals surface area contributed by atoms with Gasteiger partial charge in [-0.1, -0.05) is 52.3 Å². The fourth-order valence-electron chi connectivity index (χ4n) is 5.31. The SMILES string of the molecule is C.CC(O)[C@H](CN1CCC(C2=CCC(Cl)C=C2)C(C)(C)C1)NCC1CCCC1.O.O.O. The molecule has 0 aromatic carbocycles. The Labute approximate surface area is 195 Å². The number of aliphatic hydroxyl groups excluding tert-OH is 1. The molecule has 3 aliphatic rings. The first-order chi connectivity index (χ1) is 12.8. The van der Waals surface area contributed by atoms with E-state index < -0.39 is 0 Å². The standard InChI is InChI=1S/C23H39ClN2O.CH4.3H2O/c1-17(27)22(25-14-18-6-4-5-7-18)15-26-13-12-21(23(2,3)16-26)19-8-10-20(24)11-9-19;;;;/h8-10,17-18,20-22,25,27H,4-7,11-16H2,1-3H3;1H4;3*1H2/t17?,20?,21?,22-;;;;/m0..../s1. The molecule has 0 amide bonds. The average molecular weight is 465 g/mol. The predicted octanol–water partition coefficient (Wildman–Crippen LogP) is 2.52. The molecule has 0 bridgehead atoms. The van der Waals surface area contributed by atoms with Crippen molar-refractivity contribution in [1.82, 2.24) is 10.2 Å². The largest absolute Gasteiger partial charge is 0.412 e. The first kappa shape index (κ1) is 32.7. The minimum Gasteiger partial charge on any atom is -0.412 e. The van der Waals surface area contributed by atoms with Gasteiger partial charge in [0.2, 0.25) is 0 Å². The van der Waals surface area contributed by atoms with Crippen molar-refractivity contribution in [2.45, 2.75) is 84.2 Å². The summed E-state index contributed by atoms with van der Waals surface area (Å²) < 4.78 is 0. The molecule has 8 N–H and O–H groups in total. The van der Waals surface area contributed by atoms with Gasteiger partial charge in [0.05, 0.1) is 11.5 Å². The number of aliphatic hydroxyl groups is 1. The third-order valence-electron chi connectivity index (χ3n) is 6.97. The lowest BCUT2D eigenvalue weighted by Crippen LogP contribution is -2.53. The summed E-state index contributed by atoms with van der Waals surface area (Å²) in [6, 6.07) is 0.170. The summed E-state index contributed by atoms with van der Waals surface area (Å²) in [7, 11) is 0. The van der Waals surface area contributed by atoms with Gasteiger partial charge < -0.3 is 31.8 Å². The van der Waals surface area contributed by atoms with Crippen LogP contribution in [0.1, 0.15) is 66.7 Å². The molecule has 1 aliphatic heterocycles. The summed E-state index contributed by atoms with van der Waals surface area (Å²) in [5, 5.41) is 14.2. The number of nitrogens with zero attached hydrogens (tertiary/aromatic N) is 1. The first-order valence-corrected chi connectivity index (χ1v) is 11.4. The Morgan fingerprint density at radius 3 is 2.35 bits per heavy atom. The highest BCUT2D eigenvalue weighted by molar-refractivity contribution is 6.22. The van der Waals surface area contributed by atoms with E-state index in [1.807, 2.05) is 6.92 Å². The second-order valence-electron chi connectivity index (χ2n) is 9.79. The molecule has 1 saturated carbocycles. The van der Waals surface area contributed by atoms with E-state index in [1.54, 1.807) is 0 Å². The lowest BCUT2D eigenvalue weighted by Gasteiger charge is -2.46. The van der Waals surface area contributed by atoms with E-state index in [1.165, 1.54) is 37.7 Å². The maximum Gasteiger partial charge on any atom is 0.0677 e. The summed E-state index contributed by atoms with van der Waals surface area (Å²) in [6.45, 7) is 10.9. The van der Waals surface area contributed by atoms with Crippen molar-refractivity contribution in [1.29, 1.82) is 0 Å². The molecule has 2 fully saturated rings. The number of nitrogens with one attached hydrogen (secondary N) is 1. The predicted molar refractivity (Wildman–Crippen MR) is 133 cm³/mol. The highest BCUT2D eigenvalue weighted by atomic mass is 35.5. The van der Waals surface area contributed by atoms with E-state index in [-0.39, 0.29) is 46.8 Å². The van der Waals surface area contributed by atoms with Crippen LogP contribution in [-0.2, 0) is 0 Å². The smallest absolute Gasteiger partial charge is 0.0677 e. The van der Waals surface area contributed by atoms with Crippen LogP contribution < -0.4 is 5.32 Å². The van der Waals surface area contributed by atoms with E-state index in [2.05, 4.69) is 42.3 Å². The van der Waals surface area contributed by atoms with E-state index >= 15 is 0 Å². The van der Waals surface area contributed by atoms with Crippen LogP contribution in [0.15, 0.2) is 23.8 Å². The van der Waals surface area contributed by atoms with Crippen molar-refractivity contribution < 1.29 is 21.5 Å². The van der Waals surface area contributed by atoms with Crippen LogP contribution in [0, 0.1) is 17.3 Å². The molecule has 1 heterocycles. The van der Waals surface area contributed by atoms with E-state index in [0.29, 0.717) is 5.92 Å². The number of likely N-dealkylation sites (tertiary alicyclic amines) is 1. The van der Waals surface area contributed by atoms with Crippen molar-refractivity contribution in [3.05, 3.63) is 23.8 Å². The van der Waals surface area contributed by atoms with Crippen LogP contribution in [0.25, 0.3) is 0 Å². The quantitative estimate of drug-likeness (QED) is 0.561. The molecular formula is C24H49ClN2O4. The average Bonchev–Trinajstić information content (AvgIpc) is 3.12. The number of halogens is 1. The number of alkyl halides is 1. The van der Waals surface area contributed by atoms with Gasteiger partial charge in [-0.3, -0.25) is 0 Å². The minimum absolute atomic E-state index is 0. The van der Waals surface area contributed by atoms with E-state index in [9.17, 15) is 5.11 Å². The Balaban J connectivity index is 0. The molecule has 186 valence electrons. The van der Waals surface area contributed by atoms with Crippen LogP contribution >= 0.6 is 11.6 Å². The maximum absolute atomic E-state index is 10.3. The van der Waals surface area contributed by atoms with Gasteiger partial charge in [0.25, 0.3) is 0 Å². The number of piperidine rings is 1. The van der Waals surface area contributed by atoms with Gasteiger partial charge in [0.15, 0.2) is 0 Å². The Hall–Kier alpha value is -0.470. The highest BCUT2D eigenvalue weighted by Gasteiger charge is 2.38. The summed E-state index contributed by atoms with van der Waals surface area (Å²) in [6.07, 6.45) is 14.0. The molecule has 3 unspecified atom stereocenters. The van der Waals surface area contributed by atoms with Crippen molar-refractivity contribution in [2.75, 3.05) is 26.2 Å². The molecule has 3 rings (SSSR count). The van der Waals surface area contributed by atoms with Gasteiger partial charge in [-0.05, 0) is 68.5 Å². The fraction of sp³-hybridized carbons (Fsp3) is 0.833. The van der Waals surface area contributed by atoms with Gasteiger partial charge >= 0.3 is 0 Å². The third kappa shape index (κ3) is 9.12. The second-order valence-corrected chi connectivity index (χ2v) is 10.3. The van der Waals surface area contributed by atoms with E-state index in [4.69, 9.17) is 11.6 Å². The van der Waals surface area contributed by atoms with Gasteiger partial charge in [-0.15, -0.1) is 11.6 Å². The van der Waals surface area contributed by atoms with Crippen molar-refractivity contribution in [2.24, 2.45) is 17.3 Å². The molecule has 4 atom stereocenters. The lowest BCUT2D eigenvalue weighted by atomic mass is 9.69. The van der Waals surface area contributed by atoms with Crippen molar-refractivity contribution in [3.8, 4) is 0 Å². The van der Waals surface area contributed by atoms with Crippen molar-refractivity contribution >= 4 is 11.6 Å². The Kier molecular flexibility index (Phi) is 15.4. The Bertz CT molecular complexity index is 548. The van der Waals surface area contributed by atoms with Gasteiger partial charge in [-0.2, -0.15) is 0 Å². The zero-order chi connectivity index (χ0) is 19.4. The molecule has 0 spiro atoms. The summed E-state index contributed by atoms with van der Waals surface area (Å²) in [5.41, 5.74) is 1.71. The van der Waals surface area contributed by atoms with Gasteiger partial charge in [0, 0.05) is 19.1 Å². The molecule has 0 radical (unpaired) electrons. The van der Waals surface area contributed by atoms with Crippen LogP contribution in [0.2, 0.25) is 0 Å². The summed E-state index contributed by atoms with van der Waals surface area (Å²) in [5.74, 6) is 1.41. The molecule has 2 aliphatic carbocycles. The zero-order valence-electron chi connectivity index (χ0n) is 19.0. The third-order valence-corrected chi connectivity index (χ3v) is 7.29. The molecule has 0 aromatic rings. The Morgan fingerprint density at radius 2 is 1.84 bits per heavy atom. The zero-order valence-corrected chi connectivity index (χ0v) is 19.7. The van der Waals surface area contributed by atoms with Gasteiger partial charge in [0.1, 0.15) is 0 Å². The van der Waals surface area contributed by atoms with E-state index in [0.717, 1.165) is 38.5 Å².